The first-order chi connectivity index (χ1) is 12.3. The highest BCUT2D eigenvalue weighted by Crippen LogP contribution is 2.39. The van der Waals surface area contributed by atoms with Crippen molar-refractivity contribution in [2.24, 2.45) is 9.98 Å². The van der Waals surface area contributed by atoms with Gasteiger partial charge in [-0.25, -0.2) is 0 Å². The van der Waals surface area contributed by atoms with Crippen molar-refractivity contribution in [2.75, 3.05) is 36.8 Å². The maximum absolute atomic E-state index is 4.39. The lowest BCUT2D eigenvalue weighted by Crippen LogP contribution is -2.26. The van der Waals surface area contributed by atoms with Crippen molar-refractivity contribution in [3.8, 4) is 11.1 Å². The van der Waals surface area contributed by atoms with Crippen molar-refractivity contribution in [3.63, 3.8) is 0 Å². The van der Waals surface area contributed by atoms with E-state index in [0.29, 0.717) is 0 Å². The number of nitrogens with zero attached hydrogens (tertiary/aromatic N) is 2. The molecule has 0 bridgehead atoms. The number of anilines is 2. The summed E-state index contributed by atoms with van der Waals surface area (Å²) in [5.41, 5.74) is 7.53. The summed E-state index contributed by atoms with van der Waals surface area (Å²) in [6.07, 6.45) is 0.954. The van der Waals surface area contributed by atoms with Gasteiger partial charge in [-0.3, -0.25) is 9.98 Å². The van der Waals surface area contributed by atoms with E-state index in [0.717, 1.165) is 55.9 Å². The number of benzene rings is 2. The second-order valence-electron chi connectivity index (χ2n) is 6.48. The molecular formula is C19H22Cl2N6. The highest BCUT2D eigenvalue weighted by Gasteiger charge is 2.20. The molecule has 4 N–H and O–H groups in total. The van der Waals surface area contributed by atoms with E-state index < -0.39 is 0 Å². The summed E-state index contributed by atoms with van der Waals surface area (Å²) in [4.78, 5) is 8.79. The Morgan fingerprint density at radius 1 is 0.704 bits per heavy atom. The van der Waals surface area contributed by atoms with Gasteiger partial charge in [0, 0.05) is 24.5 Å². The van der Waals surface area contributed by atoms with Crippen molar-refractivity contribution in [1.29, 1.82) is 0 Å². The molecule has 142 valence electrons. The van der Waals surface area contributed by atoms with Crippen LogP contribution in [0.5, 0.6) is 0 Å². The average molecular weight is 405 g/mol. The van der Waals surface area contributed by atoms with Crippen LogP contribution in [0.4, 0.5) is 11.4 Å². The predicted octanol–water partition coefficient (Wildman–Crippen LogP) is 2.84. The minimum atomic E-state index is 0. The van der Waals surface area contributed by atoms with E-state index in [2.05, 4.69) is 67.7 Å². The van der Waals surface area contributed by atoms with Crippen molar-refractivity contribution in [2.45, 2.75) is 6.42 Å². The number of hydrogen-bond acceptors (Lipinski definition) is 6. The van der Waals surface area contributed by atoms with Crippen LogP contribution in [-0.4, -0.2) is 38.1 Å². The molecule has 2 heterocycles. The monoisotopic (exact) mass is 404 g/mol. The third-order valence-electron chi connectivity index (χ3n) is 4.76. The van der Waals surface area contributed by atoms with Gasteiger partial charge in [0.1, 0.15) is 0 Å². The van der Waals surface area contributed by atoms with Crippen molar-refractivity contribution in [3.05, 3.63) is 47.5 Å². The molecule has 0 radical (unpaired) electrons. The Kier molecular flexibility index (Phi) is 5.77. The quantitative estimate of drug-likeness (QED) is 0.529. The first kappa shape index (κ1) is 19.3. The van der Waals surface area contributed by atoms with Crippen LogP contribution in [0.25, 0.3) is 11.1 Å². The third kappa shape index (κ3) is 3.82. The van der Waals surface area contributed by atoms with E-state index in [1.54, 1.807) is 0 Å². The minimum absolute atomic E-state index is 0. The molecule has 5 rings (SSSR count). The number of nitrogens with one attached hydrogen (secondary N) is 4. The van der Waals surface area contributed by atoms with Crippen LogP contribution < -0.4 is 21.3 Å². The summed E-state index contributed by atoms with van der Waals surface area (Å²) >= 11 is 0. The Bertz CT molecular complexity index is 836. The molecule has 0 aromatic heterocycles. The molecule has 2 aromatic carbocycles. The molecule has 0 saturated carbocycles. The molecule has 0 fully saturated rings. The molecule has 0 saturated heterocycles. The fourth-order valence-electron chi connectivity index (χ4n) is 3.60. The van der Waals surface area contributed by atoms with Gasteiger partial charge < -0.3 is 21.3 Å². The summed E-state index contributed by atoms with van der Waals surface area (Å²) in [5.74, 6) is 1.73. The Morgan fingerprint density at radius 3 is 1.59 bits per heavy atom. The van der Waals surface area contributed by atoms with Gasteiger partial charge in [-0.2, -0.15) is 0 Å². The van der Waals surface area contributed by atoms with Gasteiger partial charge >= 0.3 is 0 Å². The standard InChI is InChI=1S/C19H20N6.2ClH/c1-3-16-12(10-14(1)24-18-20-5-6-21-18)9-13-11-15(2-4-17(13)16)25-19-22-7-8-23-19;;/h1-4,10-11H,5-9H2,(H2,20,21,24)(H2,22,23,25);2*1H. The number of aliphatic imine (C=N–C) groups is 2. The van der Waals surface area contributed by atoms with Crippen molar-refractivity contribution < 1.29 is 0 Å². The summed E-state index contributed by atoms with van der Waals surface area (Å²) in [6.45, 7) is 3.51. The third-order valence-corrected chi connectivity index (χ3v) is 4.76. The number of fused-ring (bicyclic) bond motifs is 3. The van der Waals surface area contributed by atoms with Crippen LogP contribution in [-0.2, 0) is 6.42 Å². The summed E-state index contributed by atoms with van der Waals surface area (Å²) in [5, 5.41) is 13.2. The fourth-order valence-corrected chi connectivity index (χ4v) is 3.60. The van der Waals surface area contributed by atoms with E-state index in [-0.39, 0.29) is 24.8 Å². The summed E-state index contributed by atoms with van der Waals surface area (Å²) in [7, 11) is 0. The lowest BCUT2D eigenvalue weighted by molar-refractivity contribution is 0.959. The zero-order chi connectivity index (χ0) is 16.6. The van der Waals surface area contributed by atoms with Crippen LogP contribution in [0.3, 0.4) is 0 Å². The Balaban J connectivity index is 0.00000105. The largest absolute Gasteiger partial charge is 0.354 e. The first-order valence-corrected chi connectivity index (χ1v) is 8.72. The van der Waals surface area contributed by atoms with Gasteiger partial charge in [-0.15, -0.1) is 24.8 Å². The topological polar surface area (TPSA) is 72.8 Å². The van der Waals surface area contributed by atoms with Gasteiger partial charge in [-0.05, 0) is 52.9 Å². The molecule has 0 atom stereocenters. The van der Waals surface area contributed by atoms with E-state index >= 15 is 0 Å². The summed E-state index contributed by atoms with van der Waals surface area (Å²) in [6, 6.07) is 13.1. The van der Waals surface area contributed by atoms with E-state index in [9.17, 15) is 0 Å². The van der Waals surface area contributed by atoms with E-state index in [1.165, 1.54) is 22.3 Å². The second kappa shape index (κ2) is 8.06. The molecule has 27 heavy (non-hydrogen) atoms. The second-order valence-corrected chi connectivity index (χ2v) is 6.48. The van der Waals surface area contributed by atoms with Crippen LogP contribution >= 0.6 is 24.8 Å². The van der Waals surface area contributed by atoms with Gasteiger partial charge in [0.25, 0.3) is 0 Å². The van der Waals surface area contributed by atoms with Gasteiger partial charge in [0.15, 0.2) is 11.9 Å². The van der Waals surface area contributed by atoms with Crippen LogP contribution in [0.1, 0.15) is 11.1 Å². The molecule has 8 heteroatoms. The van der Waals surface area contributed by atoms with Gasteiger partial charge in [-0.1, -0.05) is 12.1 Å². The van der Waals surface area contributed by atoms with Crippen LogP contribution in [0.2, 0.25) is 0 Å². The molecule has 3 aliphatic rings. The lowest BCUT2D eigenvalue weighted by Gasteiger charge is -2.09. The molecule has 0 amide bonds. The van der Waals surface area contributed by atoms with Crippen LogP contribution in [0.15, 0.2) is 46.4 Å². The Hall–Kier alpha value is -2.44. The zero-order valence-electron chi connectivity index (χ0n) is 14.7. The normalized spacial score (nSPS) is 15.9. The first-order valence-electron chi connectivity index (χ1n) is 8.72. The lowest BCUT2D eigenvalue weighted by atomic mass is 10.1. The van der Waals surface area contributed by atoms with Gasteiger partial charge in [0.05, 0.1) is 13.1 Å². The average Bonchev–Trinajstić information content (AvgIpc) is 3.35. The maximum Gasteiger partial charge on any atom is 0.195 e. The highest BCUT2D eigenvalue weighted by atomic mass is 35.5. The van der Waals surface area contributed by atoms with Crippen molar-refractivity contribution in [1.82, 2.24) is 10.6 Å². The van der Waals surface area contributed by atoms with Crippen molar-refractivity contribution >= 4 is 48.1 Å². The molecule has 6 nitrogen and oxygen atoms in total. The number of guanidine groups is 2. The molecule has 2 aromatic rings. The van der Waals surface area contributed by atoms with Gasteiger partial charge in [0.2, 0.25) is 0 Å². The predicted molar refractivity (Wildman–Crippen MR) is 117 cm³/mol. The fraction of sp³-hybridized carbons (Fsp3) is 0.263. The SMILES string of the molecule is Cl.Cl.c1cc2c(cc1NC1=NCCN1)Cc1cc(NC3=NCCN3)ccc1-2. The van der Waals surface area contributed by atoms with E-state index in [4.69, 9.17) is 0 Å². The van der Waals surface area contributed by atoms with E-state index in [1.807, 2.05) is 0 Å². The molecule has 0 spiro atoms. The highest BCUT2D eigenvalue weighted by molar-refractivity contribution is 5.96. The Labute approximate surface area is 170 Å². The molecule has 2 aliphatic heterocycles. The summed E-state index contributed by atoms with van der Waals surface area (Å²) < 4.78 is 0. The molecular weight excluding hydrogens is 383 g/mol. The molecule has 0 unspecified atom stereocenters. The Morgan fingerprint density at radius 2 is 1.19 bits per heavy atom. The maximum atomic E-state index is 4.39. The number of halogens is 2. The smallest absolute Gasteiger partial charge is 0.195 e. The number of rotatable bonds is 2. The zero-order valence-corrected chi connectivity index (χ0v) is 16.3. The number of hydrogen-bond donors (Lipinski definition) is 4. The molecule has 1 aliphatic carbocycles. The minimum Gasteiger partial charge on any atom is -0.354 e. The van der Waals surface area contributed by atoms with Crippen LogP contribution in [0, 0.1) is 0 Å².